The number of nitro groups is 1. The lowest BCUT2D eigenvalue weighted by Crippen LogP contribution is -2.35. The molecule has 1 atom stereocenters. The van der Waals surface area contributed by atoms with Gasteiger partial charge < -0.3 is 10.1 Å². The van der Waals surface area contributed by atoms with Gasteiger partial charge in [0, 0.05) is 18.9 Å². The largest absolute Gasteiger partial charge is 0.379 e. The van der Waals surface area contributed by atoms with Crippen molar-refractivity contribution in [1.29, 1.82) is 5.26 Å². The molecule has 2 heterocycles. The van der Waals surface area contributed by atoms with Gasteiger partial charge in [0.15, 0.2) is 0 Å². The van der Waals surface area contributed by atoms with E-state index in [2.05, 4.69) is 10.3 Å². The van der Waals surface area contributed by atoms with Crippen molar-refractivity contribution in [2.75, 3.05) is 18.5 Å². The Morgan fingerprint density at radius 2 is 2.50 bits per heavy atom. The average Bonchev–Trinajstić information content (AvgIpc) is 2.76. The van der Waals surface area contributed by atoms with E-state index in [0.717, 1.165) is 6.42 Å². The first-order valence-electron chi connectivity index (χ1n) is 5.44. The van der Waals surface area contributed by atoms with Gasteiger partial charge in [0.2, 0.25) is 5.82 Å². The Morgan fingerprint density at radius 3 is 3.06 bits per heavy atom. The molecule has 1 unspecified atom stereocenters. The van der Waals surface area contributed by atoms with Gasteiger partial charge in [-0.15, -0.1) is 0 Å². The molecular formula is C11H12N4O3. The molecule has 7 nitrogen and oxygen atoms in total. The number of hydrogen-bond acceptors (Lipinski definition) is 6. The highest BCUT2D eigenvalue weighted by atomic mass is 16.6. The van der Waals surface area contributed by atoms with Crippen molar-refractivity contribution in [3.8, 4) is 6.07 Å². The quantitative estimate of drug-likeness (QED) is 0.641. The summed E-state index contributed by atoms with van der Waals surface area (Å²) < 4.78 is 5.27. The third-order valence-electron chi connectivity index (χ3n) is 2.83. The lowest BCUT2D eigenvalue weighted by atomic mass is 10.0. The summed E-state index contributed by atoms with van der Waals surface area (Å²) >= 11 is 0. The second-order valence-corrected chi connectivity index (χ2v) is 4.45. The molecule has 7 heteroatoms. The predicted octanol–water partition coefficient (Wildman–Crippen LogP) is 1.45. The molecule has 1 aliphatic heterocycles. The van der Waals surface area contributed by atoms with E-state index in [-0.39, 0.29) is 22.6 Å². The van der Waals surface area contributed by atoms with Gasteiger partial charge in [-0.25, -0.2) is 4.98 Å². The summed E-state index contributed by atoms with van der Waals surface area (Å²) in [5.74, 6) is 0.173. The molecule has 1 aromatic rings. The Bertz CT molecular complexity index is 518. The maximum Gasteiger partial charge on any atom is 0.312 e. The highest BCUT2D eigenvalue weighted by Crippen LogP contribution is 2.29. The monoisotopic (exact) mass is 248 g/mol. The molecule has 1 N–H and O–H groups in total. The van der Waals surface area contributed by atoms with Crippen LogP contribution in [0.25, 0.3) is 0 Å². The molecular weight excluding hydrogens is 236 g/mol. The van der Waals surface area contributed by atoms with Crippen molar-refractivity contribution in [3.63, 3.8) is 0 Å². The van der Waals surface area contributed by atoms with E-state index in [1.807, 2.05) is 13.0 Å². The summed E-state index contributed by atoms with van der Waals surface area (Å²) in [7, 11) is 0. The Kier molecular flexibility index (Phi) is 3.12. The van der Waals surface area contributed by atoms with Gasteiger partial charge in [-0.1, -0.05) is 0 Å². The molecule has 1 saturated heterocycles. The van der Waals surface area contributed by atoms with Crippen LogP contribution < -0.4 is 5.32 Å². The van der Waals surface area contributed by atoms with Gasteiger partial charge >= 0.3 is 5.69 Å². The number of aromatic nitrogens is 1. The Balaban J connectivity index is 2.32. The molecule has 0 radical (unpaired) electrons. The molecule has 0 saturated carbocycles. The van der Waals surface area contributed by atoms with Crippen LogP contribution in [0.5, 0.6) is 0 Å². The SMILES string of the molecule is CC1(Nc2ncc(C#N)cc2[N+](=O)[O-])CCOC1. The smallest absolute Gasteiger partial charge is 0.312 e. The number of anilines is 1. The molecule has 0 bridgehead atoms. The van der Waals surface area contributed by atoms with E-state index >= 15 is 0 Å². The molecule has 18 heavy (non-hydrogen) atoms. The van der Waals surface area contributed by atoms with Crippen molar-refractivity contribution in [2.45, 2.75) is 18.9 Å². The van der Waals surface area contributed by atoms with E-state index in [4.69, 9.17) is 10.00 Å². The summed E-state index contributed by atoms with van der Waals surface area (Å²) in [5, 5.41) is 22.7. The summed E-state index contributed by atoms with van der Waals surface area (Å²) in [4.78, 5) is 14.4. The summed E-state index contributed by atoms with van der Waals surface area (Å²) in [6, 6.07) is 3.05. The number of nitrogens with one attached hydrogen (secondary N) is 1. The highest BCUT2D eigenvalue weighted by molar-refractivity contribution is 5.59. The summed E-state index contributed by atoms with van der Waals surface area (Å²) in [6.45, 7) is 3.02. The highest BCUT2D eigenvalue weighted by Gasteiger charge is 2.32. The van der Waals surface area contributed by atoms with Crippen LogP contribution in [0.3, 0.4) is 0 Å². The van der Waals surface area contributed by atoms with Gasteiger partial charge in [-0.2, -0.15) is 5.26 Å². The number of ether oxygens (including phenoxy) is 1. The van der Waals surface area contributed by atoms with Gasteiger partial charge in [0.05, 0.1) is 22.6 Å². The van der Waals surface area contributed by atoms with Crippen LogP contribution in [0.2, 0.25) is 0 Å². The predicted molar refractivity (Wildman–Crippen MR) is 63.1 cm³/mol. The minimum absolute atomic E-state index is 0.167. The van der Waals surface area contributed by atoms with Gasteiger partial charge in [-0.3, -0.25) is 10.1 Å². The molecule has 0 amide bonds. The van der Waals surface area contributed by atoms with Crippen molar-refractivity contribution in [1.82, 2.24) is 4.98 Å². The molecule has 0 spiro atoms. The van der Waals surface area contributed by atoms with E-state index < -0.39 is 4.92 Å². The minimum atomic E-state index is -0.546. The Labute approximate surface area is 104 Å². The van der Waals surface area contributed by atoms with Crippen LogP contribution in [0.15, 0.2) is 12.3 Å². The standard InChI is InChI=1S/C11H12N4O3/c1-11(2-3-18-7-11)14-10-9(15(16)17)4-8(5-12)6-13-10/h4,6H,2-3,7H2,1H3,(H,13,14). The molecule has 2 rings (SSSR count). The molecule has 94 valence electrons. The van der Waals surface area contributed by atoms with Gasteiger partial charge in [0.25, 0.3) is 0 Å². The molecule has 1 fully saturated rings. The van der Waals surface area contributed by atoms with Crippen LogP contribution in [-0.2, 0) is 4.74 Å². The molecule has 1 aliphatic rings. The van der Waals surface area contributed by atoms with Crippen molar-refractivity contribution in [3.05, 3.63) is 27.9 Å². The van der Waals surface area contributed by atoms with Crippen LogP contribution >= 0.6 is 0 Å². The zero-order chi connectivity index (χ0) is 13.2. The fourth-order valence-corrected chi connectivity index (χ4v) is 1.80. The Hall–Kier alpha value is -2.20. The zero-order valence-electron chi connectivity index (χ0n) is 9.84. The number of nitriles is 1. The van der Waals surface area contributed by atoms with Crippen LogP contribution in [0.4, 0.5) is 11.5 Å². The van der Waals surface area contributed by atoms with E-state index in [1.165, 1.54) is 12.3 Å². The third-order valence-corrected chi connectivity index (χ3v) is 2.83. The van der Waals surface area contributed by atoms with E-state index in [0.29, 0.717) is 13.2 Å². The van der Waals surface area contributed by atoms with Crippen LogP contribution in [0, 0.1) is 21.4 Å². The van der Waals surface area contributed by atoms with Crippen molar-refractivity contribution in [2.24, 2.45) is 0 Å². The number of hydrogen-bond donors (Lipinski definition) is 1. The molecule has 1 aromatic heterocycles. The number of rotatable bonds is 3. The lowest BCUT2D eigenvalue weighted by Gasteiger charge is -2.23. The second kappa shape index (κ2) is 4.58. The summed E-state index contributed by atoms with van der Waals surface area (Å²) in [6.07, 6.45) is 2.07. The third kappa shape index (κ3) is 2.38. The van der Waals surface area contributed by atoms with Crippen molar-refractivity contribution < 1.29 is 9.66 Å². The summed E-state index contributed by atoms with van der Waals surface area (Å²) in [5.41, 5.74) is -0.381. The molecule has 0 aliphatic carbocycles. The zero-order valence-corrected chi connectivity index (χ0v) is 9.84. The maximum absolute atomic E-state index is 11.0. The first-order valence-corrected chi connectivity index (χ1v) is 5.44. The molecule has 0 aromatic carbocycles. The van der Waals surface area contributed by atoms with Crippen molar-refractivity contribution >= 4 is 11.5 Å². The first-order chi connectivity index (χ1) is 8.54. The second-order valence-electron chi connectivity index (χ2n) is 4.45. The minimum Gasteiger partial charge on any atom is -0.379 e. The first kappa shape index (κ1) is 12.3. The Morgan fingerprint density at radius 1 is 1.72 bits per heavy atom. The fraction of sp³-hybridized carbons (Fsp3) is 0.455. The lowest BCUT2D eigenvalue weighted by molar-refractivity contribution is -0.384. The van der Waals surface area contributed by atoms with Crippen LogP contribution in [-0.4, -0.2) is 28.7 Å². The topological polar surface area (TPSA) is 101 Å². The average molecular weight is 248 g/mol. The number of nitrogens with zero attached hydrogens (tertiary/aromatic N) is 3. The van der Waals surface area contributed by atoms with Gasteiger partial charge in [0.1, 0.15) is 6.07 Å². The normalized spacial score (nSPS) is 22.4. The fourth-order valence-electron chi connectivity index (χ4n) is 1.80. The van der Waals surface area contributed by atoms with E-state index in [9.17, 15) is 10.1 Å². The van der Waals surface area contributed by atoms with Crippen LogP contribution in [0.1, 0.15) is 18.9 Å². The maximum atomic E-state index is 11.0. The van der Waals surface area contributed by atoms with Gasteiger partial charge in [-0.05, 0) is 13.3 Å². The number of pyridine rings is 1. The van der Waals surface area contributed by atoms with E-state index in [1.54, 1.807) is 0 Å².